The van der Waals surface area contributed by atoms with Crippen LogP contribution in [0.5, 0.6) is 0 Å². The Hall–Kier alpha value is -1.65. The van der Waals surface area contributed by atoms with Crippen LogP contribution >= 0.6 is 11.3 Å². The van der Waals surface area contributed by atoms with Crippen LogP contribution in [0.25, 0.3) is 0 Å². The number of nitrogens with one attached hydrogen (secondary N) is 1. The van der Waals surface area contributed by atoms with Gasteiger partial charge in [0.1, 0.15) is 0 Å². The summed E-state index contributed by atoms with van der Waals surface area (Å²) in [6.45, 7) is 3.83. The molecule has 1 aromatic carbocycles. The zero-order valence-electron chi connectivity index (χ0n) is 11.7. The quantitative estimate of drug-likeness (QED) is 0.887. The Morgan fingerprint density at radius 3 is 2.60 bits per heavy atom. The average molecular weight is 289 g/mol. The second-order valence-electron chi connectivity index (χ2n) is 5.01. The summed E-state index contributed by atoms with van der Waals surface area (Å²) in [5, 5.41) is 16.9. The molecule has 1 aromatic heterocycles. The third kappa shape index (κ3) is 3.68. The van der Waals surface area contributed by atoms with Crippen molar-refractivity contribution in [3.63, 3.8) is 0 Å². The Bertz CT molecular complexity index is 565. The lowest BCUT2D eigenvalue weighted by Gasteiger charge is -2.18. The van der Waals surface area contributed by atoms with E-state index >= 15 is 0 Å². The molecule has 0 saturated carbocycles. The number of carbonyl (C=O) groups is 1. The van der Waals surface area contributed by atoms with Crippen molar-refractivity contribution < 1.29 is 9.90 Å². The highest BCUT2D eigenvalue weighted by atomic mass is 32.1. The number of benzene rings is 1. The lowest BCUT2D eigenvalue weighted by Crippen LogP contribution is -2.33. The van der Waals surface area contributed by atoms with E-state index < -0.39 is 6.10 Å². The minimum absolute atomic E-state index is 0.0727. The summed E-state index contributed by atoms with van der Waals surface area (Å²) in [6.07, 6.45) is -0.0612. The van der Waals surface area contributed by atoms with Crippen molar-refractivity contribution in [2.45, 2.75) is 32.4 Å². The Labute approximate surface area is 123 Å². The second-order valence-corrected chi connectivity index (χ2v) is 5.75. The van der Waals surface area contributed by atoms with Gasteiger partial charge in [-0.05, 0) is 36.8 Å². The van der Waals surface area contributed by atoms with E-state index in [1.165, 1.54) is 11.3 Å². The molecule has 0 aliphatic rings. The van der Waals surface area contributed by atoms with Gasteiger partial charge in [0.2, 0.25) is 0 Å². The third-order valence-electron chi connectivity index (χ3n) is 3.24. The molecular weight excluding hydrogens is 270 g/mol. The van der Waals surface area contributed by atoms with Gasteiger partial charge in [-0.2, -0.15) is 11.3 Å². The van der Waals surface area contributed by atoms with Gasteiger partial charge in [-0.1, -0.05) is 30.3 Å². The summed E-state index contributed by atoms with van der Waals surface area (Å²) >= 11 is 1.52. The first-order valence-electron chi connectivity index (χ1n) is 6.64. The first-order valence-corrected chi connectivity index (χ1v) is 7.59. The summed E-state index contributed by atoms with van der Waals surface area (Å²) in [5.41, 5.74) is 2.58. The molecule has 0 unspecified atom stereocenters. The van der Waals surface area contributed by atoms with Crippen molar-refractivity contribution in [2.24, 2.45) is 0 Å². The largest absolute Gasteiger partial charge is 0.388 e. The SMILES string of the molecule is Cc1cscc1C(=O)N[C@H](C)C[C@@H](O)c1ccccc1. The first kappa shape index (κ1) is 14.8. The molecule has 2 N–H and O–H groups in total. The zero-order chi connectivity index (χ0) is 14.5. The maximum Gasteiger partial charge on any atom is 0.252 e. The lowest BCUT2D eigenvalue weighted by atomic mass is 10.0. The van der Waals surface area contributed by atoms with Crippen molar-refractivity contribution in [2.75, 3.05) is 0 Å². The average Bonchev–Trinajstić information content (AvgIpc) is 2.86. The van der Waals surface area contributed by atoms with Gasteiger partial charge in [0.15, 0.2) is 0 Å². The Kier molecular flexibility index (Phi) is 4.93. The van der Waals surface area contributed by atoms with E-state index in [2.05, 4.69) is 5.32 Å². The normalized spacial score (nSPS) is 13.8. The fourth-order valence-corrected chi connectivity index (χ4v) is 2.93. The molecule has 0 bridgehead atoms. The fourth-order valence-electron chi connectivity index (χ4n) is 2.10. The van der Waals surface area contributed by atoms with E-state index in [-0.39, 0.29) is 11.9 Å². The second kappa shape index (κ2) is 6.68. The Morgan fingerprint density at radius 1 is 1.30 bits per heavy atom. The molecule has 1 heterocycles. The van der Waals surface area contributed by atoms with Crippen LogP contribution in [0, 0.1) is 6.92 Å². The molecule has 106 valence electrons. The van der Waals surface area contributed by atoms with E-state index in [0.717, 1.165) is 16.7 Å². The van der Waals surface area contributed by atoms with Crippen LogP contribution in [-0.4, -0.2) is 17.1 Å². The highest BCUT2D eigenvalue weighted by molar-refractivity contribution is 7.08. The summed E-state index contributed by atoms with van der Waals surface area (Å²) < 4.78 is 0. The smallest absolute Gasteiger partial charge is 0.252 e. The topological polar surface area (TPSA) is 49.3 Å². The number of aliphatic hydroxyl groups is 1. The number of rotatable bonds is 5. The third-order valence-corrected chi connectivity index (χ3v) is 4.10. The van der Waals surface area contributed by atoms with Crippen LogP contribution in [0.4, 0.5) is 0 Å². The van der Waals surface area contributed by atoms with E-state index in [1.807, 2.05) is 54.9 Å². The Morgan fingerprint density at radius 2 is 2.00 bits per heavy atom. The highest BCUT2D eigenvalue weighted by Gasteiger charge is 2.16. The molecule has 2 aromatic rings. The minimum Gasteiger partial charge on any atom is -0.388 e. The van der Waals surface area contributed by atoms with Crippen molar-refractivity contribution in [1.82, 2.24) is 5.32 Å². The molecule has 0 radical (unpaired) electrons. The Balaban J connectivity index is 1.91. The predicted molar refractivity (Wildman–Crippen MR) is 82.0 cm³/mol. The van der Waals surface area contributed by atoms with Crippen LogP contribution in [-0.2, 0) is 0 Å². The number of carbonyl (C=O) groups excluding carboxylic acids is 1. The van der Waals surface area contributed by atoms with E-state index in [9.17, 15) is 9.90 Å². The van der Waals surface area contributed by atoms with Gasteiger partial charge in [0.25, 0.3) is 5.91 Å². The number of hydrogen-bond donors (Lipinski definition) is 2. The van der Waals surface area contributed by atoms with Crippen LogP contribution in [0.2, 0.25) is 0 Å². The highest BCUT2D eigenvalue weighted by Crippen LogP contribution is 2.18. The van der Waals surface area contributed by atoms with Crippen molar-refractivity contribution >= 4 is 17.2 Å². The van der Waals surface area contributed by atoms with Gasteiger partial charge in [-0.25, -0.2) is 0 Å². The maximum absolute atomic E-state index is 12.1. The van der Waals surface area contributed by atoms with Gasteiger partial charge in [0.05, 0.1) is 11.7 Å². The van der Waals surface area contributed by atoms with E-state index in [0.29, 0.717) is 6.42 Å². The van der Waals surface area contributed by atoms with Gasteiger partial charge in [-0.3, -0.25) is 4.79 Å². The monoisotopic (exact) mass is 289 g/mol. The molecule has 20 heavy (non-hydrogen) atoms. The van der Waals surface area contributed by atoms with Gasteiger partial charge in [-0.15, -0.1) is 0 Å². The number of aliphatic hydroxyl groups excluding tert-OH is 1. The number of amides is 1. The molecule has 0 saturated heterocycles. The molecule has 2 atom stereocenters. The molecule has 0 aliphatic carbocycles. The number of aryl methyl sites for hydroxylation is 1. The summed E-state index contributed by atoms with van der Waals surface area (Å²) in [7, 11) is 0. The predicted octanol–water partition coefficient (Wildman–Crippen LogP) is 3.30. The van der Waals surface area contributed by atoms with E-state index in [4.69, 9.17) is 0 Å². The van der Waals surface area contributed by atoms with Crippen LogP contribution in [0.3, 0.4) is 0 Å². The molecule has 1 amide bonds. The number of thiophene rings is 1. The zero-order valence-corrected chi connectivity index (χ0v) is 12.5. The van der Waals surface area contributed by atoms with Gasteiger partial charge >= 0.3 is 0 Å². The molecule has 2 rings (SSSR count). The van der Waals surface area contributed by atoms with E-state index in [1.54, 1.807) is 0 Å². The minimum atomic E-state index is -0.560. The van der Waals surface area contributed by atoms with Crippen molar-refractivity contribution in [3.05, 3.63) is 57.8 Å². The summed E-state index contributed by atoms with van der Waals surface area (Å²) in [5.74, 6) is -0.0727. The molecule has 4 heteroatoms. The van der Waals surface area contributed by atoms with Gasteiger partial charge in [0, 0.05) is 11.4 Å². The van der Waals surface area contributed by atoms with Crippen LogP contribution < -0.4 is 5.32 Å². The maximum atomic E-state index is 12.1. The van der Waals surface area contributed by atoms with Crippen LogP contribution in [0.15, 0.2) is 41.1 Å². The summed E-state index contributed by atoms with van der Waals surface area (Å²) in [6, 6.07) is 9.41. The molecule has 0 spiro atoms. The van der Waals surface area contributed by atoms with Gasteiger partial charge < -0.3 is 10.4 Å². The van der Waals surface area contributed by atoms with Crippen molar-refractivity contribution in [1.29, 1.82) is 0 Å². The summed E-state index contributed by atoms with van der Waals surface area (Å²) in [4.78, 5) is 12.1. The molecule has 3 nitrogen and oxygen atoms in total. The van der Waals surface area contributed by atoms with Crippen molar-refractivity contribution in [3.8, 4) is 0 Å². The molecular formula is C16H19NO2S. The first-order chi connectivity index (χ1) is 9.58. The molecule has 0 fully saturated rings. The van der Waals surface area contributed by atoms with Crippen LogP contribution in [0.1, 0.15) is 40.9 Å². The standard InChI is InChI=1S/C16H19NO2S/c1-11-9-20-10-14(11)16(19)17-12(2)8-15(18)13-6-4-3-5-7-13/h3-7,9-10,12,15,18H,8H2,1-2H3,(H,17,19)/t12-,15-/m1/s1. The molecule has 0 aliphatic heterocycles. The number of hydrogen-bond acceptors (Lipinski definition) is 3. The lowest BCUT2D eigenvalue weighted by molar-refractivity contribution is 0.0917. The fraction of sp³-hybridized carbons (Fsp3) is 0.312.